The average molecular weight is 671 g/mol. The van der Waals surface area contributed by atoms with Gasteiger partial charge in [0.15, 0.2) is 0 Å². The van der Waals surface area contributed by atoms with Gasteiger partial charge in [0.1, 0.15) is 11.8 Å². The van der Waals surface area contributed by atoms with Crippen molar-refractivity contribution in [3.8, 4) is 11.1 Å². The Kier molecular flexibility index (Phi) is 12.4. The molecule has 5 rings (SSSR count). The summed E-state index contributed by atoms with van der Waals surface area (Å²) in [4.78, 5) is 26.7. The number of likely N-dealkylation sites (tertiary alicyclic amines) is 1. The number of carbonyl (C=O) groups excluding carboxylic acids is 2. The van der Waals surface area contributed by atoms with Crippen molar-refractivity contribution < 1.29 is 36.7 Å². The number of nitrogens with zero attached hydrogens (tertiary/aromatic N) is 3. The van der Waals surface area contributed by atoms with Crippen molar-refractivity contribution in [2.45, 2.75) is 51.5 Å². The molecule has 11 heteroatoms. The predicted molar refractivity (Wildman–Crippen MR) is 176 cm³/mol. The number of carboxylic acids is 1. The maximum Gasteiger partial charge on any atom is 0.430 e. The minimum atomic E-state index is -5.19. The molecular weight excluding hydrogens is 624 g/mol. The smallest absolute Gasteiger partial charge is 0.430 e. The van der Waals surface area contributed by atoms with Crippen LogP contribution in [-0.2, 0) is 24.3 Å². The van der Waals surface area contributed by atoms with Crippen molar-refractivity contribution >= 4 is 11.9 Å². The SMILES string of the molecule is C[C@H]1CN(Cc2cccc(-c3cc(CNC(=O)c4cccc(CC5CC[N+](C)(C)CC5)c4)ccc3F)c2)CCN1C.O=C([O-])C(F)(F)F. The predicted octanol–water partition coefficient (Wildman–Crippen LogP) is 4.89. The van der Waals surface area contributed by atoms with Crippen LogP contribution in [0.1, 0.15) is 46.8 Å². The maximum atomic E-state index is 15.0. The van der Waals surface area contributed by atoms with Gasteiger partial charge in [-0.15, -0.1) is 0 Å². The Labute approximate surface area is 280 Å². The highest BCUT2D eigenvalue weighted by Gasteiger charge is 2.29. The molecular formula is C37H46F4N4O3. The molecule has 2 saturated heterocycles. The van der Waals surface area contributed by atoms with E-state index in [9.17, 15) is 22.4 Å². The fraction of sp³-hybridized carbons (Fsp3) is 0.459. The zero-order chi connectivity index (χ0) is 35.1. The number of hydrogen-bond donors (Lipinski definition) is 1. The maximum absolute atomic E-state index is 15.0. The monoisotopic (exact) mass is 670 g/mol. The first-order valence-electron chi connectivity index (χ1n) is 16.4. The van der Waals surface area contributed by atoms with Gasteiger partial charge in [-0.05, 0) is 91.7 Å². The van der Waals surface area contributed by atoms with Crippen LogP contribution in [0.15, 0.2) is 66.7 Å². The summed E-state index contributed by atoms with van der Waals surface area (Å²) in [7, 11) is 6.78. The largest absolute Gasteiger partial charge is 0.542 e. The zero-order valence-electron chi connectivity index (χ0n) is 28.2. The summed E-state index contributed by atoms with van der Waals surface area (Å²) < 4.78 is 47.6. The topological polar surface area (TPSA) is 75.7 Å². The molecule has 0 saturated carbocycles. The van der Waals surface area contributed by atoms with E-state index in [-0.39, 0.29) is 11.7 Å². The number of aliphatic carboxylic acids is 1. The van der Waals surface area contributed by atoms with Gasteiger partial charge < -0.3 is 24.6 Å². The van der Waals surface area contributed by atoms with Crippen molar-refractivity contribution in [3.63, 3.8) is 0 Å². The number of benzene rings is 3. The summed E-state index contributed by atoms with van der Waals surface area (Å²) >= 11 is 0. The summed E-state index contributed by atoms with van der Waals surface area (Å²) in [6.07, 6.45) is -1.71. The fourth-order valence-corrected chi connectivity index (χ4v) is 6.25. The van der Waals surface area contributed by atoms with Gasteiger partial charge >= 0.3 is 6.18 Å². The minimum absolute atomic E-state index is 0.0948. The number of piperidine rings is 1. The van der Waals surface area contributed by atoms with Crippen LogP contribution < -0.4 is 10.4 Å². The van der Waals surface area contributed by atoms with Gasteiger partial charge in [0.25, 0.3) is 5.91 Å². The number of rotatable bonds is 8. The summed E-state index contributed by atoms with van der Waals surface area (Å²) in [5.74, 6) is -2.67. The molecule has 0 aromatic heterocycles. The Morgan fingerprint density at radius 3 is 2.27 bits per heavy atom. The molecule has 1 amide bonds. The third kappa shape index (κ3) is 10.9. The Hall–Kier alpha value is -3.80. The first-order valence-corrected chi connectivity index (χ1v) is 16.4. The Morgan fingerprint density at radius 2 is 1.60 bits per heavy atom. The average Bonchev–Trinajstić information content (AvgIpc) is 3.03. The molecule has 7 nitrogen and oxygen atoms in total. The quantitative estimate of drug-likeness (QED) is 0.273. The van der Waals surface area contributed by atoms with Crippen LogP contribution in [0.25, 0.3) is 11.1 Å². The number of carboxylic acid groups (broad SMARTS) is 1. The van der Waals surface area contributed by atoms with Crippen LogP contribution in [0.4, 0.5) is 17.6 Å². The summed E-state index contributed by atoms with van der Waals surface area (Å²) in [6.45, 7) is 9.03. The highest BCUT2D eigenvalue weighted by molar-refractivity contribution is 5.94. The number of quaternary nitrogens is 1. The molecule has 2 heterocycles. The molecule has 0 unspecified atom stereocenters. The molecule has 0 aliphatic carbocycles. The van der Waals surface area contributed by atoms with E-state index in [0.717, 1.165) is 48.2 Å². The second kappa shape index (κ2) is 16.1. The lowest BCUT2D eigenvalue weighted by molar-refractivity contribution is -0.896. The van der Waals surface area contributed by atoms with Crippen molar-refractivity contribution in [2.75, 3.05) is 53.9 Å². The highest BCUT2D eigenvalue weighted by Crippen LogP contribution is 2.27. The number of amides is 1. The second-order valence-electron chi connectivity index (χ2n) is 13.8. The first-order chi connectivity index (χ1) is 22.6. The lowest BCUT2D eigenvalue weighted by Crippen LogP contribution is -2.49. The summed E-state index contributed by atoms with van der Waals surface area (Å²) in [5, 5.41) is 11.8. The standard InChI is InChI=1S/C35H45FN4O.C2HF3O2/c1-26-24-39(16-15-38(26)2)25-30-8-6-9-31(21-30)33-22-29(11-12-34(33)36)23-37-35(41)32-10-5-7-28(20-32)19-27-13-17-40(3,4)18-14-27;3-2(4,5)1(6)7/h5-12,20-22,26-27H,13-19,23-25H2,1-4H3;(H,6,7)/t26-;/m0./s1. The Balaban J connectivity index is 0.000000671. The first kappa shape index (κ1) is 37.0. The molecule has 0 radical (unpaired) electrons. The van der Waals surface area contributed by atoms with Crippen LogP contribution >= 0.6 is 0 Å². The molecule has 2 aliphatic heterocycles. The number of halogens is 4. The van der Waals surface area contributed by atoms with E-state index < -0.39 is 12.1 Å². The van der Waals surface area contributed by atoms with Gasteiger partial charge in [-0.3, -0.25) is 9.69 Å². The lowest BCUT2D eigenvalue weighted by atomic mass is 9.89. The van der Waals surface area contributed by atoms with Crippen molar-refractivity contribution in [2.24, 2.45) is 5.92 Å². The van der Waals surface area contributed by atoms with Gasteiger partial charge in [0, 0.05) is 49.9 Å². The third-order valence-electron chi connectivity index (χ3n) is 9.40. The molecule has 48 heavy (non-hydrogen) atoms. The number of hydrogen-bond acceptors (Lipinski definition) is 5. The highest BCUT2D eigenvalue weighted by atomic mass is 19.4. The molecule has 1 N–H and O–H groups in total. The van der Waals surface area contributed by atoms with Crippen LogP contribution in [0.5, 0.6) is 0 Å². The van der Waals surface area contributed by atoms with Gasteiger partial charge in [0.2, 0.25) is 0 Å². The molecule has 3 aromatic rings. The number of nitrogens with one attached hydrogen (secondary N) is 1. The van der Waals surface area contributed by atoms with E-state index in [1.807, 2.05) is 36.4 Å². The van der Waals surface area contributed by atoms with E-state index >= 15 is 0 Å². The molecule has 1 atom stereocenters. The Bertz CT molecular complexity index is 1550. The second-order valence-corrected chi connectivity index (χ2v) is 13.8. The third-order valence-corrected chi connectivity index (χ3v) is 9.40. The van der Waals surface area contributed by atoms with Gasteiger partial charge in [-0.2, -0.15) is 13.2 Å². The molecule has 2 aliphatic rings. The van der Waals surface area contributed by atoms with Crippen LogP contribution in [0, 0.1) is 11.7 Å². The number of likely N-dealkylation sites (N-methyl/N-ethyl adjacent to an activating group) is 1. The fourth-order valence-electron chi connectivity index (χ4n) is 6.25. The number of alkyl halides is 3. The van der Waals surface area contributed by atoms with Gasteiger partial charge in [-0.25, -0.2) is 4.39 Å². The van der Waals surface area contributed by atoms with Crippen LogP contribution in [0.3, 0.4) is 0 Å². The molecule has 0 spiro atoms. The molecule has 260 valence electrons. The van der Waals surface area contributed by atoms with Crippen molar-refractivity contribution in [1.29, 1.82) is 0 Å². The molecule has 3 aromatic carbocycles. The van der Waals surface area contributed by atoms with E-state index in [0.29, 0.717) is 29.6 Å². The lowest BCUT2D eigenvalue weighted by Gasteiger charge is -2.37. The van der Waals surface area contributed by atoms with Gasteiger partial charge in [-0.1, -0.05) is 36.4 Å². The van der Waals surface area contributed by atoms with Crippen molar-refractivity contribution in [1.82, 2.24) is 15.1 Å². The summed E-state index contributed by atoms with van der Waals surface area (Å²) in [6, 6.07) is 21.9. The van der Waals surface area contributed by atoms with Crippen molar-refractivity contribution in [3.05, 3.63) is 94.8 Å². The van der Waals surface area contributed by atoms with Crippen LogP contribution in [-0.4, -0.2) is 92.2 Å². The molecule has 0 bridgehead atoms. The Morgan fingerprint density at radius 1 is 0.938 bits per heavy atom. The normalized spacial score (nSPS) is 18.9. The summed E-state index contributed by atoms with van der Waals surface area (Å²) in [5.41, 5.74) is 5.42. The number of piperazine rings is 1. The van der Waals surface area contributed by atoms with Crippen LogP contribution in [0.2, 0.25) is 0 Å². The van der Waals surface area contributed by atoms with E-state index in [1.54, 1.807) is 6.07 Å². The minimum Gasteiger partial charge on any atom is -0.542 e. The zero-order valence-corrected chi connectivity index (χ0v) is 28.2. The van der Waals surface area contributed by atoms with E-state index in [1.165, 1.54) is 43.1 Å². The van der Waals surface area contributed by atoms with E-state index in [4.69, 9.17) is 9.90 Å². The number of carbonyl (C=O) groups is 2. The molecule has 2 fully saturated rings. The van der Waals surface area contributed by atoms with E-state index in [2.05, 4.69) is 61.4 Å². The van der Waals surface area contributed by atoms with Gasteiger partial charge in [0.05, 0.1) is 27.2 Å².